The lowest BCUT2D eigenvalue weighted by Gasteiger charge is -2.38. The van der Waals surface area contributed by atoms with Crippen molar-refractivity contribution in [2.24, 2.45) is 0 Å². The normalized spacial score (nSPS) is 13.2. The molecule has 0 unspecified atom stereocenters. The molecule has 0 amide bonds. The number of halogens is 1. The molecule has 0 N–H and O–H groups in total. The highest BCUT2D eigenvalue weighted by Gasteiger charge is 2.41. The number of fused-ring (bicyclic) bond motifs is 1. The van der Waals surface area contributed by atoms with Gasteiger partial charge in [0.05, 0.1) is 21.7 Å². The van der Waals surface area contributed by atoms with E-state index in [1.807, 2.05) is 19.1 Å². The van der Waals surface area contributed by atoms with Crippen molar-refractivity contribution in [3.8, 4) is 23.0 Å². The van der Waals surface area contributed by atoms with Crippen LogP contribution in [0.4, 0.5) is 5.69 Å². The van der Waals surface area contributed by atoms with Gasteiger partial charge in [-0.3, -0.25) is 0 Å². The predicted octanol–water partition coefficient (Wildman–Crippen LogP) is 8.49. The maximum absolute atomic E-state index is 14.3. The number of benzene rings is 3. The first-order valence-corrected chi connectivity index (χ1v) is 19.7. The molecular weight excluding hydrogens is 717 g/mol. The Bertz CT molecular complexity index is 1720. The van der Waals surface area contributed by atoms with Crippen LogP contribution in [0.3, 0.4) is 0 Å². The number of hydrogen-bond acceptors (Lipinski definition) is 6. The van der Waals surface area contributed by atoms with Gasteiger partial charge in [0, 0.05) is 15.8 Å². The third kappa shape index (κ3) is 7.59. The van der Waals surface area contributed by atoms with E-state index in [1.54, 1.807) is 54.6 Å². The van der Waals surface area contributed by atoms with E-state index in [2.05, 4.69) is 75.6 Å². The Morgan fingerprint density at radius 3 is 2.20 bits per heavy atom. The monoisotopic (exact) mass is 757 g/mol. The van der Waals surface area contributed by atoms with Gasteiger partial charge >= 0.3 is 5.97 Å². The molecule has 0 aliphatic carbocycles. The molecule has 0 aromatic heterocycles. The summed E-state index contributed by atoms with van der Waals surface area (Å²) in [6.45, 7) is 15.0. The Kier molecular flexibility index (Phi) is 11.1. The van der Waals surface area contributed by atoms with E-state index in [1.165, 1.54) is 10.5 Å². The molecule has 7 nitrogen and oxygen atoms in total. The molecular formula is C35H40INO6SSi. The number of anilines is 1. The van der Waals surface area contributed by atoms with Crippen LogP contribution in [-0.4, -0.2) is 35.9 Å². The van der Waals surface area contributed by atoms with E-state index >= 15 is 0 Å². The zero-order valence-electron chi connectivity index (χ0n) is 26.8. The molecule has 0 radical (unpaired) electrons. The van der Waals surface area contributed by atoms with Crippen LogP contribution in [-0.2, 0) is 14.8 Å². The third-order valence-corrected chi connectivity index (χ3v) is 17.2. The highest BCUT2D eigenvalue weighted by atomic mass is 127. The summed E-state index contributed by atoms with van der Waals surface area (Å²) < 4.78 is 47.3. The molecule has 3 aromatic carbocycles. The van der Waals surface area contributed by atoms with Gasteiger partial charge < -0.3 is 14.2 Å². The molecule has 45 heavy (non-hydrogen) atoms. The van der Waals surface area contributed by atoms with Crippen LogP contribution in [0, 0.1) is 22.0 Å². The highest BCUT2D eigenvalue weighted by Crippen LogP contribution is 2.41. The Labute approximate surface area is 282 Å². The molecule has 0 spiro atoms. The number of carbonyl (C=O) groups excluding carboxylic acids is 1. The van der Waals surface area contributed by atoms with Gasteiger partial charge in [-0.2, -0.15) is 0 Å². The summed E-state index contributed by atoms with van der Waals surface area (Å²) in [5, 5.41) is 0. The molecule has 0 fully saturated rings. The lowest BCUT2D eigenvalue weighted by atomic mass is 10.2. The quantitative estimate of drug-likeness (QED) is 0.0894. The summed E-state index contributed by atoms with van der Waals surface area (Å²) in [6, 6.07) is 18.8. The molecule has 0 bridgehead atoms. The van der Waals surface area contributed by atoms with Crippen LogP contribution in [0.5, 0.6) is 11.5 Å². The number of aryl methyl sites for hydroxylation is 1. The van der Waals surface area contributed by atoms with Crippen LogP contribution >= 0.6 is 22.6 Å². The molecule has 4 rings (SSSR count). The maximum atomic E-state index is 14.3. The minimum absolute atomic E-state index is 0.0522. The number of sulfonamides is 1. The lowest BCUT2D eigenvalue weighted by Crippen LogP contribution is -2.43. The molecule has 0 atom stereocenters. The highest BCUT2D eigenvalue weighted by molar-refractivity contribution is 14.1. The molecule has 0 saturated heterocycles. The van der Waals surface area contributed by atoms with Crippen molar-refractivity contribution >= 4 is 52.3 Å². The summed E-state index contributed by atoms with van der Waals surface area (Å²) >= 11 is 2.09. The number of rotatable bonds is 10. The molecule has 1 heterocycles. The first-order valence-electron chi connectivity index (χ1n) is 14.9. The van der Waals surface area contributed by atoms with Gasteiger partial charge in [0.15, 0.2) is 11.5 Å². The van der Waals surface area contributed by atoms with E-state index in [0.29, 0.717) is 44.9 Å². The largest absolute Gasteiger partial charge is 0.456 e. The smallest absolute Gasteiger partial charge is 0.339 e. The van der Waals surface area contributed by atoms with Crippen molar-refractivity contribution < 1.29 is 27.4 Å². The minimum atomic E-state index is -4.12. The van der Waals surface area contributed by atoms with Crippen molar-refractivity contribution in [2.45, 2.75) is 70.0 Å². The summed E-state index contributed by atoms with van der Waals surface area (Å²) in [6.07, 6.45) is 1.48. The summed E-state index contributed by atoms with van der Waals surface area (Å²) in [4.78, 5) is 13.3. The second-order valence-corrected chi connectivity index (χ2v) is 20.6. The number of carbonyl (C=O) groups is 1. The second-order valence-electron chi connectivity index (χ2n) is 12.0. The fourth-order valence-corrected chi connectivity index (χ4v) is 13.1. The van der Waals surface area contributed by atoms with Gasteiger partial charge in [0.2, 0.25) is 6.79 Å². The Morgan fingerprint density at radius 1 is 0.956 bits per heavy atom. The number of ether oxygens (including phenoxy) is 3. The number of hydrogen-bond donors (Lipinski definition) is 0. The Hall–Kier alpha value is -3.27. The van der Waals surface area contributed by atoms with Crippen LogP contribution in [0.1, 0.15) is 57.5 Å². The van der Waals surface area contributed by atoms with Gasteiger partial charge in [0.1, 0.15) is 14.7 Å². The van der Waals surface area contributed by atoms with Gasteiger partial charge in [-0.25, -0.2) is 17.5 Å². The first kappa shape index (κ1) is 34.6. The topological polar surface area (TPSA) is 82.1 Å². The van der Waals surface area contributed by atoms with Crippen LogP contribution in [0.2, 0.25) is 16.6 Å². The predicted molar refractivity (Wildman–Crippen MR) is 190 cm³/mol. The van der Waals surface area contributed by atoms with Gasteiger partial charge in [-0.1, -0.05) is 77.3 Å². The molecule has 0 saturated carbocycles. The van der Waals surface area contributed by atoms with Crippen molar-refractivity contribution in [2.75, 3.05) is 17.7 Å². The van der Waals surface area contributed by atoms with Crippen molar-refractivity contribution in [3.63, 3.8) is 0 Å². The van der Waals surface area contributed by atoms with Crippen molar-refractivity contribution in [1.82, 2.24) is 0 Å². The summed E-state index contributed by atoms with van der Waals surface area (Å²) in [7, 11) is -6.35. The summed E-state index contributed by atoms with van der Waals surface area (Å²) in [5.74, 6) is 3.80. The zero-order chi connectivity index (χ0) is 32.9. The molecule has 3 aromatic rings. The SMILES string of the molecule is Cc1ccc(S(=O)(=O)N(/C=C(\C#C[Si](C(C)C)(C(C)C)C(C)C)COC(=O)c2ccccc2I)c2ccc3c(c2)OCO3)cc1. The number of nitrogens with zero attached hydrogens (tertiary/aromatic N) is 1. The summed E-state index contributed by atoms with van der Waals surface area (Å²) in [5.41, 5.74) is 6.78. The molecule has 10 heteroatoms. The Morgan fingerprint density at radius 2 is 1.58 bits per heavy atom. The second kappa shape index (κ2) is 14.4. The lowest BCUT2D eigenvalue weighted by molar-refractivity contribution is 0.0542. The first-order chi connectivity index (χ1) is 21.3. The molecule has 1 aliphatic heterocycles. The molecule has 1 aliphatic rings. The fourth-order valence-electron chi connectivity index (χ4n) is 5.85. The van der Waals surface area contributed by atoms with Gasteiger partial charge in [-0.15, -0.1) is 5.54 Å². The van der Waals surface area contributed by atoms with Crippen molar-refractivity contribution in [1.29, 1.82) is 0 Å². The number of esters is 1. The zero-order valence-corrected chi connectivity index (χ0v) is 30.7. The van der Waals surface area contributed by atoms with Crippen LogP contribution in [0.15, 0.2) is 83.4 Å². The van der Waals surface area contributed by atoms with E-state index in [4.69, 9.17) is 14.2 Å². The maximum Gasteiger partial charge on any atom is 0.339 e. The van der Waals surface area contributed by atoms with Crippen LogP contribution < -0.4 is 13.8 Å². The van der Waals surface area contributed by atoms with E-state index < -0.39 is 24.1 Å². The van der Waals surface area contributed by atoms with Gasteiger partial charge in [0.25, 0.3) is 10.0 Å². The third-order valence-electron chi connectivity index (χ3n) is 8.22. The average Bonchev–Trinajstić information content (AvgIpc) is 3.46. The van der Waals surface area contributed by atoms with Gasteiger partial charge in [-0.05, 0) is 82.5 Å². The van der Waals surface area contributed by atoms with Crippen molar-refractivity contribution in [3.05, 3.63) is 93.2 Å². The fraction of sp³-hybridized carbons (Fsp3) is 0.343. The van der Waals surface area contributed by atoms with E-state index in [9.17, 15) is 13.2 Å². The average molecular weight is 758 g/mol. The van der Waals surface area contributed by atoms with E-state index in [-0.39, 0.29) is 18.3 Å². The standard InChI is InChI=1S/C35H40INO6SSi/c1-24(2)45(25(3)4,26(5)6)19-18-28(22-41-35(38)31-10-8-9-11-32(31)36)21-37(29-14-17-33-34(20-29)43-23-42-33)44(39,40)30-15-12-27(7)13-16-30/h8-17,20-21,24-26H,22-23H2,1-7H3/b28-21+. The minimum Gasteiger partial charge on any atom is -0.456 e. The Balaban J connectivity index is 1.89. The van der Waals surface area contributed by atoms with E-state index in [0.717, 1.165) is 9.13 Å². The molecule has 238 valence electrons. The van der Waals surface area contributed by atoms with Crippen LogP contribution in [0.25, 0.3) is 0 Å².